The van der Waals surface area contributed by atoms with Gasteiger partial charge in [-0.15, -0.1) is 0 Å². The van der Waals surface area contributed by atoms with Crippen molar-refractivity contribution in [2.45, 2.75) is 53.0 Å². The van der Waals surface area contributed by atoms with Gasteiger partial charge in [-0.25, -0.2) is 0 Å². The molecule has 2 aliphatic heterocycles. The van der Waals surface area contributed by atoms with E-state index in [0.29, 0.717) is 5.92 Å². The summed E-state index contributed by atoms with van der Waals surface area (Å²) in [5.74, 6) is 0.537. The van der Waals surface area contributed by atoms with Crippen molar-refractivity contribution in [3.05, 3.63) is 23.5 Å². The molecule has 0 spiro atoms. The molecule has 21 heavy (non-hydrogen) atoms. The molecule has 0 amide bonds. The zero-order valence-corrected chi connectivity index (χ0v) is 14.2. The molecule has 2 atom stereocenters. The Morgan fingerprint density at radius 1 is 1.29 bits per heavy atom. The van der Waals surface area contributed by atoms with Crippen molar-refractivity contribution in [2.75, 3.05) is 26.2 Å². The van der Waals surface area contributed by atoms with E-state index in [1.807, 2.05) is 6.20 Å². The van der Waals surface area contributed by atoms with Gasteiger partial charge in [0.1, 0.15) is 0 Å². The highest BCUT2D eigenvalue weighted by Gasteiger charge is 2.22. The van der Waals surface area contributed by atoms with Gasteiger partial charge < -0.3 is 4.90 Å². The van der Waals surface area contributed by atoms with Crippen molar-refractivity contribution in [2.24, 2.45) is 10.9 Å². The fourth-order valence-corrected chi connectivity index (χ4v) is 3.27. The number of hydrogen-bond donors (Lipinski definition) is 0. The summed E-state index contributed by atoms with van der Waals surface area (Å²) >= 11 is 0. The Kier molecular flexibility index (Phi) is 6.04. The van der Waals surface area contributed by atoms with Crippen molar-refractivity contribution >= 4 is 6.21 Å². The predicted octanol–water partition coefficient (Wildman–Crippen LogP) is 3.69. The van der Waals surface area contributed by atoms with E-state index in [0.717, 1.165) is 25.6 Å². The monoisotopic (exact) mass is 289 g/mol. The standard InChI is InChI=1S/C18H31N3/c1-5-6-17(4)20-9-11-21(12-10-20)18-8-7-15(2)13-19-14-16(18)3/h8,13-15,17H,5-7,9-12H2,1-4H3. The molecule has 2 unspecified atom stereocenters. The largest absolute Gasteiger partial charge is 0.369 e. The summed E-state index contributed by atoms with van der Waals surface area (Å²) in [6, 6.07) is 0.727. The van der Waals surface area contributed by atoms with E-state index in [4.69, 9.17) is 0 Å². The van der Waals surface area contributed by atoms with Crippen LogP contribution in [0.3, 0.4) is 0 Å². The minimum Gasteiger partial charge on any atom is -0.369 e. The lowest BCUT2D eigenvalue weighted by molar-refractivity contribution is 0.119. The van der Waals surface area contributed by atoms with Crippen LogP contribution in [0, 0.1) is 5.92 Å². The first-order chi connectivity index (χ1) is 10.1. The Bertz CT molecular complexity index is 414. The van der Waals surface area contributed by atoms with Gasteiger partial charge in [0.15, 0.2) is 0 Å². The zero-order chi connectivity index (χ0) is 15.2. The van der Waals surface area contributed by atoms with Crippen LogP contribution in [0.15, 0.2) is 28.5 Å². The van der Waals surface area contributed by atoms with Crippen LogP contribution < -0.4 is 0 Å². The van der Waals surface area contributed by atoms with Gasteiger partial charge in [-0.1, -0.05) is 26.3 Å². The first-order valence-electron chi connectivity index (χ1n) is 8.51. The summed E-state index contributed by atoms with van der Waals surface area (Å²) < 4.78 is 0. The number of piperazine rings is 1. The van der Waals surface area contributed by atoms with Crippen molar-refractivity contribution < 1.29 is 0 Å². The van der Waals surface area contributed by atoms with Crippen molar-refractivity contribution in [1.82, 2.24) is 9.80 Å². The summed E-state index contributed by atoms with van der Waals surface area (Å²) in [6.45, 7) is 13.7. The molecule has 0 aromatic carbocycles. The molecule has 0 aromatic rings. The maximum Gasteiger partial charge on any atom is 0.0371 e. The molecule has 0 radical (unpaired) electrons. The lowest BCUT2D eigenvalue weighted by Gasteiger charge is -2.40. The van der Waals surface area contributed by atoms with Crippen LogP contribution in [0.4, 0.5) is 0 Å². The highest BCUT2D eigenvalue weighted by Crippen LogP contribution is 2.22. The van der Waals surface area contributed by atoms with Gasteiger partial charge in [0.25, 0.3) is 0 Å². The average Bonchev–Trinajstić information content (AvgIpc) is 2.46. The minimum absolute atomic E-state index is 0.537. The Hall–Kier alpha value is -1.09. The fraction of sp³-hybridized carbons (Fsp3) is 0.722. The normalized spacial score (nSPS) is 25.9. The molecule has 0 N–H and O–H groups in total. The van der Waals surface area contributed by atoms with Crippen LogP contribution in [0.5, 0.6) is 0 Å². The Morgan fingerprint density at radius 2 is 2.00 bits per heavy atom. The number of nitrogens with zero attached hydrogens (tertiary/aromatic N) is 3. The number of rotatable bonds is 4. The number of hydrogen-bond acceptors (Lipinski definition) is 3. The van der Waals surface area contributed by atoms with Gasteiger partial charge >= 0.3 is 0 Å². The molecular formula is C18H31N3. The Balaban J connectivity index is 1.97. The highest BCUT2D eigenvalue weighted by atomic mass is 15.3. The molecule has 0 aromatic heterocycles. The van der Waals surface area contributed by atoms with Crippen LogP contribution in [-0.2, 0) is 0 Å². The van der Waals surface area contributed by atoms with Crippen molar-refractivity contribution in [3.8, 4) is 0 Å². The summed E-state index contributed by atoms with van der Waals surface area (Å²) in [5.41, 5.74) is 2.70. The van der Waals surface area contributed by atoms with Crippen molar-refractivity contribution in [3.63, 3.8) is 0 Å². The van der Waals surface area contributed by atoms with E-state index in [9.17, 15) is 0 Å². The molecule has 2 rings (SSSR count). The molecule has 0 bridgehead atoms. The van der Waals surface area contributed by atoms with Crippen LogP contribution in [0.2, 0.25) is 0 Å². The summed E-state index contributed by atoms with van der Waals surface area (Å²) in [6.07, 6.45) is 10.2. The van der Waals surface area contributed by atoms with Gasteiger partial charge in [0.2, 0.25) is 0 Å². The van der Waals surface area contributed by atoms with Crippen LogP contribution >= 0.6 is 0 Å². The summed E-state index contributed by atoms with van der Waals surface area (Å²) in [4.78, 5) is 9.63. The topological polar surface area (TPSA) is 18.8 Å². The first kappa shape index (κ1) is 16.3. The maximum absolute atomic E-state index is 4.44. The Labute approximate surface area is 130 Å². The molecule has 0 saturated carbocycles. The second-order valence-corrected chi connectivity index (χ2v) is 6.57. The molecule has 2 heterocycles. The average molecular weight is 289 g/mol. The van der Waals surface area contributed by atoms with E-state index in [2.05, 4.69) is 54.8 Å². The third kappa shape index (κ3) is 4.44. The van der Waals surface area contributed by atoms with E-state index in [1.165, 1.54) is 37.2 Å². The van der Waals surface area contributed by atoms with E-state index < -0.39 is 0 Å². The third-order valence-electron chi connectivity index (χ3n) is 4.68. The van der Waals surface area contributed by atoms with Gasteiger partial charge in [-0.2, -0.15) is 0 Å². The molecule has 0 aliphatic carbocycles. The fourth-order valence-electron chi connectivity index (χ4n) is 3.27. The molecular weight excluding hydrogens is 258 g/mol. The zero-order valence-electron chi connectivity index (χ0n) is 14.2. The second kappa shape index (κ2) is 7.79. The Morgan fingerprint density at radius 3 is 2.67 bits per heavy atom. The van der Waals surface area contributed by atoms with Crippen LogP contribution in [0.25, 0.3) is 0 Å². The number of allylic oxidation sites excluding steroid dienone is 2. The van der Waals surface area contributed by atoms with Gasteiger partial charge in [0.05, 0.1) is 0 Å². The summed E-state index contributed by atoms with van der Waals surface area (Å²) in [7, 11) is 0. The molecule has 2 aliphatic rings. The van der Waals surface area contributed by atoms with Crippen LogP contribution in [0.1, 0.15) is 47.0 Å². The van der Waals surface area contributed by atoms with E-state index >= 15 is 0 Å². The lowest BCUT2D eigenvalue weighted by Crippen LogP contribution is -2.49. The van der Waals surface area contributed by atoms with E-state index in [1.54, 1.807) is 0 Å². The molecule has 118 valence electrons. The predicted molar refractivity (Wildman–Crippen MR) is 91.6 cm³/mol. The van der Waals surface area contributed by atoms with Gasteiger partial charge in [-0.3, -0.25) is 9.89 Å². The molecule has 3 nitrogen and oxygen atoms in total. The quantitative estimate of drug-likeness (QED) is 0.786. The highest BCUT2D eigenvalue weighted by molar-refractivity contribution is 5.62. The van der Waals surface area contributed by atoms with E-state index in [-0.39, 0.29) is 0 Å². The number of aliphatic imine (C=N–C) groups is 1. The molecule has 3 heteroatoms. The summed E-state index contributed by atoms with van der Waals surface area (Å²) in [5, 5.41) is 0. The third-order valence-corrected chi connectivity index (χ3v) is 4.68. The lowest BCUT2D eigenvalue weighted by atomic mass is 10.0. The van der Waals surface area contributed by atoms with Gasteiger partial charge in [0, 0.05) is 50.3 Å². The van der Waals surface area contributed by atoms with Crippen LogP contribution in [-0.4, -0.2) is 48.2 Å². The smallest absolute Gasteiger partial charge is 0.0371 e. The molecule has 1 fully saturated rings. The first-order valence-corrected chi connectivity index (χ1v) is 8.51. The second-order valence-electron chi connectivity index (χ2n) is 6.57. The maximum atomic E-state index is 4.44. The van der Waals surface area contributed by atoms with Crippen molar-refractivity contribution in [1.29, 1.82) is 0 Å². The van der Waals surface area contributed by atoms with Gasteiger partial charge in [-0.05, 0) is 38.2 Å². The minimum atomic E-state index is 0.537. The SMILES string of the molecule is CCCC(C)N1CCN(C2=CCC(C)C=NC=C2C)CC1. The molecule has 1 saturated heterocycles.